The summed E-state index contributed by atoms with van der Waals surface area (Å²) in [5, 5.41) is 0. The molecular weight excluding hydrogens is 553 g/mol. The van der Waals surface area contributed by atoms with Gasteiger partial charge >= 0.3 is 0 Å². The Hall–Kier alpha value is -5.25. The summed E-state index contributed by atoms with van der Waals surface area (Å²) < 4.78 is 0. The first-order valence-corrected chi connectivity index (χ1v) is 15.7. The van der Waals surface area contributed by atoms with Crippen LogP contribution in [0.25, 0.3) is 45.0 Å². The van der Waals surface area contributed by atoms with Crippen molar-refractivity contribution in [1.29, 1.82) is 0 Å². The molecule has 1 aromatic heterocycles. The average Bonchev–Trinajstić information content (AvgIpc) is 3.40. The molecule has 0 N–H and O–H groups in total. The fraction of sp³-hybridized carbons (Fsp3) is 0.0244. The van der Waals surface area contributed by atoms with Gasteiger partial charge in [-0.15, -0.1) is 0 Å². The Balaban J connectivity index is 1.37. The highest BCUT2D eigenvalue weighted by atomic mass is 32.2. The van der Waals surface area contributed by atoms with Crippen LogP contribution in [0, 0.1) is 0 Å². The molecule has 1 aliphatic carbocycles. The number of nitrogens with zero attached hydrogens (tertiary/aromatic N) is 2. The van der Waals surface area contributed by atoms with Crippen LogP contribution in [0.3, 0.4) is 0 Å². The predicted octanol–water partition coefficient (Wildman–Crippen LogP) is 10.3. The maximum atomic E-state index is 5.26. The van der Waals surface area contributed by atoms with Crippen LogP contribution in [0.2, 0.25) is 0 Å². The van der Waals surface area contributed by atoms with Gasteiger partial charge in [0.1, 0.15) is 0 Å². The van der Waals surface area contributed by atoms with Crippen LogP contribution < -0.4 is 0 Å². The zero-order chi connectivity index (χ0) is 29.1. The van der Waals surface area contributed by atoms with E-state index in [9.17, 15) is 0 Å². The molecule has 1 aliphatic heterocycles. The van der Waals surface area contributed by atoms with E-state index in [0.29, 0.717) is 0 Å². The summed E-state index contributed by atoms with van der Waals surface area (Å²) in [7, 11) is 0. The highest BCUT2D eigenvalue weighted by Crippen LogP contribution is 2.63. The van der Waals surface area contributed by atoms with Crippen LogP contribution in [0.1, 0.15) is 22.3 Å². The first-order valence-electron chi connectivity index (χ1n) is 14.9. The van der Waals surface area contributed by atoms with Crippen molar-refractivity contribution in [2.24, 2.45) is 0 Å². The minimum atomic E-state index is -0.419. The zero-order valence-electron chi connectivity index (χ0n) is 23.8. The van der Waals surface area contributed by atoms with Crippen molar-refractivity contribution in [3.63, 3.8) is 0 Å². The summed E-state index contributed by atoms with van der Waals surface area (Å²) in [4.78, 5) is 12.9. The molecular formula is C41H26N2S. The van der Waals surface area contributed by atoms with Gasteiger partial charge in [-0.3, -0.25) is 0 Å². The molecule has 2 aliphatic rings. The van der Waals surface area contributed by atoms with Gasteiger partial charge in [0.15, 0.2) is 5.82 Å². The summed E-state index contributed by atoms with van der Waals surface area (Å²) in [5.41, 5.74) is 12.4. The van der Waals surface area contributed by atoms with Gasteiger partial charge in [0.25, 0.3) is 0 Å². The van der Waals surface area contributed by atoms with E-state index < -0.39 is 5.41 Å². The average molecular weight is 579 g/mol. The molecule has 0 bridgehead atoms. The van der Waals surface area contributed by atoms with Crippen molar-refractivity contribution >= 4 is 11.8 Å². The summed E-state index contributed by atoms with van der Waals surface area (Å²) in [5.74, 6) is 0.727. The molecule has 9 rings (SSSR count). The van der Waals surface area contributed by atoms with E-state index in [1.54, 1.807) is 0 Å². The number of rotatable bonds is 3. The standard InChI is InChI=1S/C41H26N2S/c1-3-14-27(15-4-1)35-26-36(43-40(42-35)28-16-5-2-6-17-28)30-19-13-23-34-39(30)29-18-7-8-20-31(29)41(34)32-21-9-11-24-37(32)44-38-25-12-10-22-33(38)41/h1-26H. The van der Waals surface area contributed by atoms with Crippen LogP contribution in [0.4, 0.5) is 0 Å². The molecule has 0 fully saturated rings. The van der Waals surface area contributed by atoms with E-state index in [1.807, 2.05) is 36.0 Å². The topological polar surface area (TPSA) is 25.8 Å². The minimum absolute atomic E-state index is 0.419. The van der Waals surface area contributed by atoms with E-state index in [-0.39, 0.29) is 0 Å². The summed E-state index contributed by atoms with van der Waals surface area (Å²) in [6.45, 7) is 0. The molecule has 0 unspecified atom stereocenters. The second kappa shape index (κ2) is 9.90. The Morgan fingerprint density at radius 2 is 0.932 bits per heavy atom. The molecule has 0 saturated carbocycles. The normalized spacial score (nSPS) is 13.5. The third-order valence-corrected chi connectivity index (χ3v) is 10.1. The fourth-order valence-electron chi connectivity index (χ4n) is 7.17. The third kappa shape index (κ3) is 3.63. The molecule has 2 heterocycles. The number of fused-ring (bicyclic) bond motifs is 9. The van der Waals surface area contributed by atoms with Crippen molar-refractivity contribution in [2.75, 3.05) is 0 Å². The monoisotopic (exact) mass is 578 g/mol. The quantitative estimate of drug-likeness (QED) is 0.209. The van der Waals surface area contributed by atoms with Crippen LogP contribution in [-0.2, 0) is 5.41 Å². The predicted molar refractivity (Wildman–Crippen MR) is 180 cm³/mol. The summed E-state index contributed by atoms with van der Waals surface area (Å²) in [6, 6.07) is 56.5. The van der Waals surface area contributed by atoms with Gasteiger partial charge < -0.3 is 0 Å². The molecule has 206 valence electrons. The highest BCUT2D eigenvalue weighted by molar-refractivity contribution is 7.99. The largest absolute Gasteiger partial charge is 0.228 e. The van der Waals surface area contributed by atoms with E-state index in [2.05, 4.69) is 133 Å². The molecule has 0 amide bonds. The van der Waals surface area contributed by atoms with Crippen molar-refractivity contribution in [2.45, 2.75) is 15.2 Å². The van der Waals surface area contributed by atoms with Gasteiger partial charge in [0.05, 0.1) is 16.8 Å². The summed E-state index contributed by atoms with van der Waals surface area (Å²) in [6.07, 6.45) is 0. The Labute approximate surface area is 261 Å². The first-order chi connectivity index (χ1) is 21.8. The van der Waals surface area contributed by atoms with Crippen LogP contribution in [-0.4, -0.2) is 9.97 Å². The molecule has 44 heavy (non-hydrogen) atoms. The van der Waals surface area contributed by atoms with Gasteiger partial charge in [-0.25, -0.2) is 9.97 Å². The first kappa shape index (κ1) is 25.3. The SMILES string of the molecule is c1ccc(-c2cc(-c3cccc4c3-c3ccccc3C43c4ccccc4Sc4ccccc43)nc(-c3ccccc3)n2)cc1. The van der Waals surface area contributed by atoms with Crippen molar-refractivity contribution in [3.8, 4) is 45.0 Å². The number of hydrogen-bond acceptors (Lipinski definition) is 3. The van der Waals surface area contributed by atoms with E-state index >= 15 is 0 Å². The van der Waals surface area contributed by atoms with Crippen LogP contribution >= 0.6 is 11.8 Å². The van der Waals surface area contributed by atoms with Gasteiger partial charge in [0.2, 0.25) is 0 Å². The smallest absolute Gasteiger partial charge is 0.160 e. The molecule has 7 aromatic rings. The molecule has 6 aromatic carbocycles. The Bertz CT molecular complexity index is 2100. The van der Waals surface area contributed by atoms with Gasteiger partial charge in [-0.2, -0.15) is 0 Å². The van der Waals surface area contributed by atoms with E-state index in [4.69, 9.17) is 9.97 Å². The molecule has 0 saturated heterocycles. The lowest BCUT2D eigenvalue weighted by Gasteiger charge is -2.39. The zero-order valence-corrected chi connectivity index (χ0v) is 24.6. The maximum Gasteiger partial charge on any atom is 0.160 e. The lowest BCUT2D eigenvalue weighted by Crippen LogP contribution is -2.31. The highest BCUT2D eigenvalue weighted by Gasteiger charge is 2.50. The van der Waals surface area contributed by atoms with Gasteiger partial charge in [-0.05, 0) is 51.6 Å². The number of aromatic nitrogens is 2. The van der Waals surface area contributed by atoms with E-state index in [0.717, 1.165) is 33.9 Å². The van der Waals surface area contributed by atoms with Crippen LogP contribution in [0.5, 0.6) is 0 Å². The molecule has 0 radical (unpaired) electrons. The number of benzene rings is 6. The third-order valence-electron chi connectivity index (χ3n) is 8.97. The lowest BCUT2D eigenvalue weighted by atomic mass is 9.67. The second-order valence-electron chi connectivity index (χ2n) is 11.3. The minimum Gasteiger partial charge on any atom is -0.228 e. The van der Waals surface area contributed by atoms with E-state index in [1.165, 1.54) is 43.2 Å². The van der Waals surface area contributed by atoms with Crippen molar-refractivity contribution < 1.29 is 0 Å². The molecule has 3 heteroatoms. The second-order valence-corrected chi connectivity index (χ2v) is 12.4. The Kier molecular flexibility index (Phi) is 5.69. The molecule has 1 spiro atoms. The maximum absolute atomic E-state index is 5.26. The number of hydrogen-bond donors (Lipinski definition) is 0. The fourth-order valence-corrected chi connectivity index (χ4v) is 8.37. The molecule has 2 nitrogen and oxygen atoms in total. The summed E-state index contributed by atoms with van der Waals surface area (Å²) >= 11 is 1.87. The Morgan fingerprint density at radius 1 is 0.409 bits per heavy atom. The molecule has 0 atom stereocenters. The van der Waals surface area contributed by atoms with Gasteiger partial charge in [0, 0.05) is 26.5 Å². The van der Waals surface area contributed by atoms with Gasteiger partial charge in [-0.1, -0.05) is 151 Å². The van der Waals surface area contributed by atoms with Crippen LogP contribution in [0.15, 0.2) is 168 Å². The van der Waals surface area contributed by atoms with Crippen molar-refractivity contribution in [3.05, 3.63) is 180 Å². The van der Waals surface area contributed by atoms with Crippen molar-refractivity contribution in [1.82, 2.24) is 9.97 Å². The lowest BCUT2D eigenvalue weighted by molar-refractivity contribution is 0.722. The Morgan fingerprint density at radius 3 is 1.64 bits per heavy atom.